The summed E-state index contributed by atoms with van der Waals surface area (Å²) in [4.78, 5) is 6.46. The highest BCUT2D eigenvalue weighted by Crippen LogP contribution is 2.34. The van der Waals surface area contributed by atoms with Crippen molar-refractivity contribution in [2.24, 2.45) is 5.92 Å². The molecule has 0 saturated carbocycles. The Morgan fingerprint density at radius 3 is 2.70 bits per heavy atom. The molecule has 1 unspecified atom stereocenters. The molecule has 1 atom stereocenters. The van der Waals surface area contributed by atoms with Crippen LogP contribution in [0.3, 0.4) is 0 Å². The highest BCUT2D eigenvalue weighted by atomic mass is 19.1. The summed E-state index contributed by atoms with van der Waals surface area (Å²) in [7, 11) is 0. The average molecular weight is 313 g/mol. The minimum atomic E-state index is -0.318. The van der Waals surface area contributed by atoms with E-state index in [0.29, 0.717) is 10.9 Å². The third kappa shape index (κ3) is 2.87. The van der Waals surface area contributed by atoms with Gasteiger partial charge in [0.1, 0.15) is 11.9 Å². The molecule has 120 valence electrons. The lowest BCUT2D eigenvalue weighted by atomic mass is 9.91. The molecule has 0 aliphatic carbocycles. The Kier molecular flexibility index (Phi) is 4.18. The molecule has 1 aliphatic heterocycles. The van der Waals surface area contributed by atoms with Crippen LogP contribution >= 0.6 is 0 Å². The Hall–Kier alpha value is -2.19. The van der Waals surface area contributed by atoms with Crippen LogP contribution in [0.5, 0.6) is 0 Å². The maximum absolute atomic E-state index is 13.9. The highest BCUT2D eigenvalue weighted by molar-refractivity contribution is 5.96. The van der Waals surface area contributed by atoms with Gasteiger partial charge in [0.15, 0.2) is 0 Å². The zero-order valence-electron chi connectivity index (χ0n) is 13.4. The predicted molar refractivity (Wildman–Crippen MR) is 87.8 cm³/mol. The number of hydrogen-bond acceptors (Lipinski definition) is 4. The fraction of sp³-hybridized carbons (Fsp3) is 0.444. The van der Waals surface area contributed by atoms with Crippen LogP contribution in [0.25, 0.3) is 10.9 Å². The van der Waals surface area contributed by atoms with E-state index in [1.165, 1.54) is 12.1 Å². The second-order valence-corrected chi connectivity index (χ2v) is 6.32. The summed E-state index contributed by atoms with van der Waals surface area (Å²) in [5, 5.41) is 19.9. The van der Waals surface area contributed by atoms with Gasteiger partial charge >= 0.3 is 0 Å². The van der Waals surface area contributed by atoms with Crippen LogP contribution in [0.2, 0.25) is 0 Å². The summed E-state index contributed by atoms with van der Waals surface area (Å²) in [6.07, 6.45) is 2.98. The lowest BCUT2D eigenvalue weighted by Gasteiger charge is -2.35. The van der Waals surface area contributed by atoms with E-state index in [2.05, 4.69) is 16.0 Å². The monoisotopic (exact) mass is 313 g/mol. The lowest BCUT2D eigenvalue weighted by Crippen LogP contribution is -2.37. The molecule has 0 radical (unpaired) electrons. The summed E-state index contributed by atoms with van der Waals surface area (Å²) >= 11 is 0. The number of hydrogen-bond donors (Lipinski definition) is 1. The number of rotatable bonds is 2. The molecule has 23 heavy (non-hydrogen) atoms. The third-order valence-electron chi connectivity index (χ3n) is 4.76. The third-order valence-corrected chi connectivity index (χ3v) is 4.76. The molecule has 5 heteroatoms. The van der Waals surface area contributed by atoms with Crippen molar-refractivity contribution in [1.29, 1.82) is 5.26 Å². The van der Waals surface area contributed by atoms with Gasteiger partial charge in [-0.25, -0.2) is 4.39 Å². The molecule has 0 bridgehead atoms. The first kappa shape index (κ1) is 15.7. The number of halogens is 1. The number of fused-ring (bicyclic) bond motifs is 1. The number of benzene rings is 1. The van der Waals surface area contributed by atoms with Crippen LogP contribution in [0, 0.1) is 30.0 Å². The van der Waals surface area contributed by atoms with Gasteiger partial charge in [-0.3, -0.25) is 4.98 Å². The first-order chi connectivity index (χ1) is 11.0. The zero-order valence-corrected chi connectivity index (χ0v) is 13.4. The smallest absolute Gasteiger partial charge is 0.124 e. The van der Waals surface area contributed by atoms with Gasteiger partial charge in [-0.05, 0) is 50.3 Å². The van der Waals surface area contributed by atoms with Crippen LogP contribution in [-0.4, -0.2) is 29.3 Å². The summed E-state index contributed by atoms with van der Waals surface area (Å²) < 4.78 is 13.9. The van der Waals surface area contributed by atoms with Crippen molar-refractivity contribution in [3.8, 4) is 6.07 Å². The van der Waals surface area contributed by atoms with Crippen LogP contribution in [0.15, 0.2) is 18.3 Å². The normalized spacial score (nSPS) is 17.3. The SMILES string of the molecule is Cc1cc(F)cc2c(N3CCC(C(C)O)CC3)c(C#N)cnc12. The number of aliphatic hydroxyl groups excluding tert-OH is 1. The Labute approximate surface area is 135 Å². The first-order valence-electron chi connectivity index (χ1n) is 7.93. The molecule has 2 heterocycles. The second kappa shape index (κ2) is 6.13. The number of aromatic nitrogens is 1. The molecule has 1 fully saturated rings. The van der Waals surface area contributed by atoms with Crippen LogP contribution in [0.4, 0.5) is 10.1 Å². The molecule has 1 saturated heterocycles. The van der Waals surface area contributed by atoms with Gasteiger partial charge in [-0.15, -0.1) is 0 Å². The zero-order chi connectivity index (χ0) is 16.6. The molecule has 1 N–H and O–H groups in total. The van der Waals surface area contributed by atoms with Gasteiger partial charge in [-0.2, -0.15) is 5.26 Å². The number of pyridine rings is 1. The average Bonchev–Trinajstić information content (AvgIpc) is 2.53. The second-order valence-electron chi connectivity index (χ2n) is 6.32. The molecule has 1 aromatic heterocycles. The van der Waals surface area contributed by atoms with Crippen molar-refractivity contribution < 1.29 is 9.50 Å². The molecule has 0 spiro atoms. The van der Waals surface area contributed by atoms with Gasteiger partial charge in [0.2, 0.25) is 0 Å². The quantitative estimate of drug-likeness (QED) is 0.925. The van der Waals surface area contributed by atoms with Gasteiger partial charge in [0.05, 0.1) is 22.9 Å². The Bertz CT molecular complexity index is 774. The maximum atomic E-state index is 13.9. The summed E-state index contributed by atoms with van der Waals surface area (Å²) in [6, 6.07) is 5.11. The maximum Gasteiger partial charge on any atom is 0.124 e. The molecule has 0 amide bonds. The van der Waals surface area contributed by atoms with E-state index >= 15 is 0 Å². The first-order valence-corrected chi connectivity index (χ1v) is 7.93. The van der Waals surface area contributed by atoms with E-state index < -0.39 is 0 Å². The predicted octanol–water partition coefficient (Wildman–Crippen LogP) is 3.15. The summed E-state index contributed by atoms with van der Waals surface area (Å²) in [6.45, 7) is 5.15. The molecular formula is C18H20FN3O. The van der Waals surface area contributed by atoms with Crippen LogP contribution < -0.4 is 4.90 Å². The fourth-order valence-corrected chi connectivity index (χ4v) is 3.45. The van der Waals surface area contributed by atoms with E-state index in [0.717, 1.165) is 42.7 Å². The Balaban J connectivity index is 2.08. The van der Waals surface area contributed by atoms with E-state index in [9.17, 15) is 14.8 Å². The van der Waals surface area contributed by atoms with Gasteiger partial charge in [0.25, 0.3) is 0 Å². The Morgan fingerprint density at radius 2 is 2.09 bits per heavy atom. The minimum Gasteiger partial charge on any atom is -0.393 e. The largest absolute Gasteiger partial charge is 0.393 e. The fourth-order valence-electron chi connectivity index (χ4n) is 3.45. The molecule has 1 aromatic carbocycles. The van der Waals surface area contributed by atoms with E-state index in [-0.39, 0.29) is 17.8 Å². The standard InChI is InChI=1S/C18H20FN3O/c1-11-7-15(19)8-16-17(11)21-10-14(9-20)18(16)22-5-3-13(4-6-22)12(2)23/h7-8,10,12-13,23H,3-6H2,1-2H3. The number of nitrogens with zero attached hydrogens (tertiary/aromatic N) is 3. The lowest BCUT2D eigenvalue weighted by molar-refractivity contribution is 0.110. The minimum absolute atomic E-state index is 0.281. The van der Waals surface area contributed by atoms with Crippen molar-refractivity contribution in [1.82, 2.24) is 4.98 Å². The van der Waals surface area contributed by atoms with Gasteiger partial charge in [-0.1, -0.05) is 0 Å². The van der Waals surface area contributed by atoms with Crippen molar-refractivity contribution in [3.63, 3.8) is 0 Å². The van der Waals surface area contributed by atoms with Crippen molar-refractivity contribution in [2.45, 2.75) is 32.8 Å². The van der Waals surface area contributed by atoms with Crippen LogP contribution in [0.1, 0.15) is 30.9 Å². The number of anilines is 1. The number of aryl methyl sites for hydroxylation is 1. The molecular weight excluding hydrogens is 293 g/mol. The van der Waals surface area contributed by atoms with Gasteiger partial charge < -0.3 is 10.0 Å². The number of piperidine rings is 1. The number of aliphatic hydroxyl groups is 1. The molecule has 2 aromatic rings. The summed E-state index contributed by atoms with van der Waals surface area (Å²) in [5.41, 5.74) is 2.74. The van der Waals surface area contributed by atoms with E-state index in [1.54, 1.807) is 6.20 Å². The van der Waals surface area contributed by atoms with E-state index in [1.807, 2.05) is 13.8 Å². The van der Waals surface area contributed by atoms with Gasteiger partial charge in [0, 0.05) is 24.7 Å². The molecule has 3 rings (SSSR count). The Morgan fingerprint density at radius 1 is 1.39 bits per heavy atom. The van der Waals surface area contributed by atoms with Crippen molar-refractivity contribution in [2.75, 3.05) is 18.0 Å². The van der Waals surface area contributed by atoms with Crippen molar-refractivity contribution >= 4 is 16.6 Å². The summed E-state index contributed by atoms with van der Waals surface area (Å²) in [5.74, 6) is -0.0321. The highest BCUT2D eigenvalue weighted by Gasteiger charge is 2.25. The van der Waals surface area contributed by atoms with E-state index in [4.69, 9.17) is 0 Å². The number of nitriles is 1. The van der Waals surface area contributed by atoms with Crippen LogP contribution in [-0.2, 0) is 0 Å². The topological polar surface area (TPSA) is 60.1 Å². The molecule has 1 aliphatic rings. The molecule has 4 nitrogen and oxygen atoms in total. The van der Waals surface area contributed by atoms with Crippen molar-refractivity contribution in [3.05, 3.63) is 35.3 Å².